The largest absolute Gasteiger partial charge is 0.508 e. The lowest BCUT2D eigenvalue weighted by molar-refractivity contribution is -0.277. The normalized spacial score (nSPS) is 34.0. The van der Waals surface area contributed by atoms with E-state index in [0.717, 1.165) is 0 Å². The summed E-state index contributed by atoms with van der Waals surface area (Å²) >= 11 is 0. The highest BCUT2D eigenvalue weighted by Crippen LogP contribution is 2.27. The number of ether oxygens (including phenoxy) is 2. The Morgan fingerprint density at radius 2 is 1.85 bits per heavy atom. The molecule has 1 heterocycles. The predicted molar refractivity (Wildman–Crippen MR) is 67.2 cm³/mol. The summed E-state index contributed by atoms with van der Waals surface area (Å²) in [4.78, 5) is 0. The molecular formula is C13H18O7. The number of aryl methyl sites for hydroxylation is 1. The molecule has 20 heavy (non-hydrogen) atoms. The van der Waals surface area contributed by atoms with Crippen molar-refractivity contribution in [2.45, 2.75) is 37.6 Å². The fraction of sp³-hybridized carbons (Fsp3) is 0.538. The number of aromatic hydroxyl groups is 1. The van der Waals surface area contributed by atoms with Crippen LogP contribution < -0.4 is 4.74 Å². The molecule has 1 fully saturated rings. The van der Waals surface area contributed by atoms with Gasteiger partial charge in [-0.15, -0.1) is 0 Å². The zero-order valence-corrected chi connectivity index (χ0v) is 10.9. The van der Waals surface area contributed by atoms with Crippen LogP contribution in [0.4, 0.5) is 0 Å². The number of phenols is 1. The molecule has 0 aliphatic carbocycles. The highest BCUT2D eigenvalue weighted by Gasteiger charge is 2.44. The monoisotopic (exact) mass is 286 g/mol. The highest BCUT2D eigenvalue weighted by atomic mass is 16.7. The van der Waals surface area contributed by atoms with E-state index in [2.05, 4.69) is 0 Å². The number of rotatable bonds is 3. The first kappa shape index (κ1) is 15.0. The van der Waals surface area contributed by atoms with Crippen molar-refractivity contribution in [3.63, 3.8) is 0 Å². The molecule has 1 aromatic rings. The second kappa shape index (κ2) is 5.94. The summed E-state index contributed by atoms with van der Waals surface area (Å²) in [6.07, 6.45) is -6.60. The zero-order chi connectivity index (χ0) is 14.9. The van der Waals surface area contributed by atoms with Crippen molar-refractivity contribution >= 4 is 0 Å². The van der Waals surface area contributed by atoms with Crippen molar-refractivity contribution in [1.82, 2.24) is 0 Å². The van der Waals surface area contributed by atoms with E-state index in [-0.39, 0.29) is 5.75 Å². The summed E-state index contributed by atoms with van der Waals surface area (Å²) in [5, 5.41) is 47.6. The standard InChI is InChI=1S/C13H18O7/c1-6-4-7(2-3-8(6)15)19-13-12(18)11(17)10(16)9(5-14)20-13/h2-4,9-18H,5H2,1H3/t9-,10-,11-,12-,13-/m1/s1. The molecule has 0 unspecified atom stereocenters. The van der Waals surface area contributed by atoms with Gasteiger partial charge in [-0.2, -0.15) is 0 Å². The van der Waals surface area contributed by atoms with Gasteiger partial charge in [-0.3, -0.25) is 0 Å². The number of aliphatic hydroxyl groups is 4. The van der Waals surface area contributed by atoms with Crippen molar-refractivity contribution in [3.05, 3.63) is 23.8 Å². The lowest BCUT2D eigenvalue weighted by Crippen LogP contribution is -2.60. The quantitative estimate of drug-likeness (QED) is 0.477. The van der Waals surface area contributed by atoms with Gasteiger partial charge in [0.25, 0.3) is 0 Å². The average Bonchev–Trinajstić information content (AvgIpc) is 2.43. The molecular weight excluding hydrogens is 268 g/mol. The average molecular weight is 286 g/mol. The van der Waals surface area contributed by atoms with Crippen molar-refractivity contribution in [3.8, 4) is 11.5 Å². The molecule has 0 spiro atoms. The van der Waals surface area contributed by atoms with E-state index in [1.54, 1.807) is 6.92 Å². The first-order valence-electron chi connectivity index (χ1n) is 6.21. The molecule has 5 atom stereocenters. The summed E-state index contributed by atoms with van der Waals surface area (Å²) in [5.41, 5.74) is 0.576. The summed E-state index contributed by atoms with van der Waals surface area (Å²) in [6, 6.07) is 4.44. The number of hydrogen-bond donors (Lipinski definition) is 5. The van der Waals surface area contributed by atoms with Gasteiger partial charge in [0.05, 0.1) is 6.61 Å². The molecule has 112 valence electrons. The Morgan fingerprint density at radius 3 is 2.45 bits per heavy atom. The van der Waals surface area contributed by atoms with Gasteiger partial charge in [0.1, 0.15) is 35.9 Å². The van der Waals surface area contributed by atoms with Crippen LogP contribution in [0.5, 0.6) is 11.5 Å². The van der Waals surface area contributed by atoms with Crippen LogP contribution in [0, 0.1) is 6.92 Å². The van der Waals surface area contributed by atoms with Gasteiger partial charge in [0.15, 0.2) is 0 Å². The van der Waals surface area contributed by atoms with Crippen molar-refractivity contribution < 1.29 is 35.0 Å². The minimum absolute atomic E-state index is 0.103. The maximum absolute atomic E-state index is 9.82. The topological polar surface area (TPSA) is 120 Å². The third-order valence-electron chi connectivity index (χ3n) is 3.27. The third-order valence-corrected chi connectivity index (χ3v) is 3.27. The van der Waals surface area contributed by atoms with Crippen LogP contribution in [0.3, 0.4) is 0 Å². The van der Waals surface area contributed by atoms with Crippen molar-refractivity contribution in [2.24, 2.45) is 0 Å². The first-order valence-corrected chi connectivity index (χ1v) is 6.21. The molecule has 5 N–H and O–H groups in total. The predicted octanol–water partition coefficient (Wildman–Crippen LogP) is -1.12. The molecule has 1 aromatic carbocycles. The van der Waals surface area contributed by atoms with Crippen LogP contribution in [0.1, 0.15) is 5.56 Å². The van der Waals surface area contributed by atoms with Crippen LogP contribution in [0.15, 0.2) is 18.2 Å². The Hall–Kier alpha value is -1.38. The van der Waals surface area contributed by atoms with Gasteiger partial charge >= 0.3 is 0 Å². The number of aliphatic hydroxyl groups excluding tert-OH is 4. The minimum Gasteiger partial charge on any atom is -0.508 e. The summed E-state index contributed by atoms with van der Waals surface area (Å²) in [6.45, 7) is 1.16. The van der Waals surface area contributed by atoms with Crippen LogP contribution in [-0.2, 0) is 4.74 Å². The number of benzene rings is 1. The van der Waals surface area contributed by atoms with Gasteiger partial charge in [-0.05, 0) is 30.7 Å². The van der Waals surface area contributed by atoms with Crippen LogP contribution >= 0.6 is 0 Å². The molecule has 7 heteroatoms. The Kier molecular flexibility index (Phi) is 4.46. The van der Waals surface area contributed by atoms with Gasteiger partial charge in [-0.25, -0.2) is 0 Å². The molecule has 7 nitrogen and oxygen atoms in total. The molecule has 1 aliphatic heterocycles. The van der Waals surface area contributed by atoms with Crippen molar-refractivity contribution in [2.75, 3.05) is 6.61 Å². The summed E-state index contributed by atoms with van der Waals surface area (Å²) in [7, 11) is 0. The zero-order valence-electron chi connectivity index (χ0n) is 10.9. The van der Waals surface area contributed by atoms with E-state index in [4.69, 9.17) is 14.6 Å². The van der Waals surface area contributed by atoms with Gasteiger partial charge in [0, 0.05) is 0 Å². The molecule has 2 rings (SSSR count). The van der Waals surface area contributed by atoms with E-state index in [1.807, 2.05) is 0 Å². The summed E-state index contributed by atoms with van der Waals surface area (Å²) < 4.78 is 10.6. The Labute approximate surface area is 115 Å². The lowest BCUT2D eigenvalue weighted by Gasteiger charge is -2.39. The fourth-order valence-electron chi connectivity index (χ4n) is 2.00. The van der Waals surface area contributed by atoms with Gasteiger partial charge in [-0.1, -0.05) is 0 Å². The van der Waals surface area contributed by atoms with E-state index >= 15 is 0 Å². The number of hydrogen-bond acceptors (Lipinski definition) is 7. The van der Waals surface area contributed by atoms with E-state index in [1.165, 1.54) is 18.2 Å². The van der Waals surface area contributed by atoms with Crippen molar-refractivity contribution in [1.29, 1.82) is 0 Å². The Balaban J connectivity index is 2.13. The molecule has 0 radical (unpaired) electrons. The smallest absolute Gasteiger partial charge is 0.229 e. The molecule has 0 bridgehead atoms. The van der Waals surface area contributed by atoms with E-state index in [0.29, 0.717) is 11.3 Å². The fourth-order valence-corrected chi connectivity index (χ4v) is 2.00. The second-order valence-corrected chi connectivity index (χ2v) is 4.76. The molecule has 1 aliphatic rings. The molecule has 0 saturated carbocycles. The van der Waals surface area contributed by atoms with Gasteiger partial charge in [0.2, 0.25) is 6.29 Å². The number of phenolic OH excluding ortho intramolecular Hbond substituents is 1. The van der Waals surface area contributed by atoms with Gasteiger partial charge < -0.3 is 35.0 Å². The third kappa shape index (κ3) is 2.87. The lowest BCUT2D eigenvalue weighted by atomic mass is 9.99. The van der Waals surface area contributed by atoms with E-state index in [9.17, 15) is 20.4 Å². The molecule has 0 aromatic heterocycles. The molecule has 0 amide bonds. The highest BCUT2D eigenvalue weighted by molar-refractivity contribution is 5.38. The van der Waals surface area contributed by atoms with Crippen LogP contribution in [0.25, 0.3) is 0 Å². The van der Waals surface area contributed by atoms with E-state index < -0.39 is 37.3 Å². The Morgan fingerprint density at radius 1 is 1.15 bits per heavy atom. The maximum atomic E-state index is 9.82. The maximum Gasteiger partial charge on any atom is 0.229 e. The SMILES string of the molecule is Cc1cc(O[C@@H]2O[C@H](CO)[C@@H](O)[C@@H](O)[C@H]2O)ccc1O. The summed E-state index contributed by atoms with van der Waals surface area (Å²) in [5.74, 6) is 0.427. The molecule has 1 saturated heterocycles. The Bertz CT molecular complexity index is 462. The minimum atomic E-state index is -1.48. The second-order valence-electron chi connectivity index (χ2n) is 4.76. The van der Waals surface area contributed by atoms with Crippen LogP contribution in [-0.4, -0.2) is 62.8 Å². The van der Waals surface area contributed by atoms with Crippen LogP contribution in [0.2, 0.25) is 0 Å². The first-order chi connectivity index (χ1) is 9.43.